The van der Waals surface area contributed by atoms with Crippen molar-refractivity contribution in [2.75, 3.05) is 32.8 Å². The zero-order chi connectivity index (χ0) is 23.6. The Morgan fingerprint density at radius 3 is 2.34 bits per heavy atom. The molecule has 0 aliphatic carbocycles. The largest absolute Gasteiger partial charge is 0.493 e. The summed E-state index contributed by atoms with van der Waals surface area (Å²) < 4.78 is 17.1. The van der Waals surface area contributed by atoms with Gasteiger partial charge in [0.25, 0.3) is 0 Å². The monoisotopic (exact) mass is 442 g/mol. The lowest BCUT2D eigenvalue weighted by molar-refractivity contribution is -0.127. The number of benzene rings is 1. The molecule has 0 spiro atoms. The normalized spacial score (nSPS) is 15.3. The van der Waals surface area contributed by atoms with E-state index in [-0.39, 0.29) is 12.0 Å². The van der Waals surface area contributed by atoms with Crippen molar-refractivity contribution in [1.29, 1.82) is 0 Å². The highest BCUT2D eigenvalue weighted by Crippen LogP contribution is 2.37. The van der Waals surface area contributed by atoms with Crippen molar-refractivity contribution >= 4 is 28.5 Å². The van der Waals surface area contributed by atoms with Crippen LogP contribution in [0, 0.1) is 13.8 Å². The summed E-state index contributed by atoms with van der Waals surface area (Å²) in [5.74, 6) is 0.668. The van der Waals surface area contributed by atoms with Gasteiger partial charge >= 0.3 is 6.09 Å². The van der Waals surface area contributed by atoms with Crippen molar-refractivity contribution in [3.8, 4) is 5.75 Å². The van der Waals surface area contributed by atoms with Gasteiger partial charge in [-0.1, -0.05) is 0 Å². The molecule has 1 fully saturated rings. The minimum atomic E-state index is -0.533. The van der Waals surface area contributed by atoms with E-state index in [9.17, 15) is 9.59 Å². The topological polar surface area (TPSA) is 72.2 Å². The van der Waals surface area contributed by atoms with Gasteiger partial charge in [-0.3, -0.25) is 4.79 Å². The number of ether oxygens (including phenoxy) is 2. The maximum Gasteiger partial charge on any atom is 0.410 e. The van der Waals surface area contributed by atoms with Gasteiger partial charge in [-0.05, 0) is 65.7 Å². The van der Waals surface area contributed by atoms with Gasteiger partial charge < -0.3 is 23.7 Å². The van der Waals surface area contributed by atoms with Crippen LogP contribution in [0.15, 0.2) is 22.8 Å². The first kappa shape index (κ1) is 23.7. The van der Waals surface area contributed by atoms with E-state index in [1.165, 1.54) is 0 Å². The average molecular weight is 443 g/mol. The molecule has 0 bridgehead atoms. The minimum absolute atomic E-state index is 0.0737. The first-order valence-corrected chi connectivity index (χ1v) is 11.1. The van der Waals surface area contributed by atoms with Crippen LogP contribution < -0.4 is 4.74 Å². The summed E-state index contributed by atoms with van der Waals surface area (Å²) in [7, 11) is 0. The van der Waals surface area contributed by atoms with Gasteiger partial charge in [0.05, 0.1) is 12.9 Å². The second kappa shape index (κ2) is 9.27. The highest BCUT2D eigenvalue weighted by Gasteiger charge is 2.27. The van der Waals surface area contributed by atoms with Crippen LogP contribution in [0.25, 0.3) is 16.5 Å². The van der Waals surface area contributed by atoms with Crippen LogP contribution in [-0.2, 0) is 9.53 Å². The highest BCUT2D eigenvalue weighted by atomic mass is 16.6. The second-order valence-electron chi connectivity index (χ2n) is 9.23. The molecule has 1 aromatic heterocycles. The summed E-state index contributed by atoms with van der Waals surface area (Å²) >= 11 is 0. The molecule has 3 rings (SSSR count). The molecule has 0 atom stereocenters. The first-order valence-electron chi connectivity index (χ1n) is 11.1. The number of amides is 2. The number of fused-ring (bicyclic) bond motifs is 1. The molecular weight excluding hydrogens is 408 g/mol. The predicted octanol–water partition coefficient (Wildman–Crippen LogP) is 4.93. The Labute approximate surface area is 189 Å². The smallest absolute Gasteiger partial charge is 0.410 e. The number of nitrogens with zero attached hydrogens (tertiary/aromatic N) is 2. The molecule has 1 aliphatic rings. The van der Waals surface area contributed by atoms with E-state index in [1.54, 1.807) is 22.1 Å². The van der Waals surface area contributed by atoms with Gasteiger partial charge in [-0.25, -0.2) is 4.79 Å². The molecule has 1 aliphatic heterocycles. The zero-order valence-electron chi connectivity index (χ0n) is 20.2. The molecule has 1 aromatic carbocycles. The van der Waals surface area contributed by atoms with Crippen molar-refractivity contribution < 1.29 is 23.5 Å². The van der Waals surface area contributed by atoms with Crippen LogP contribution in [-0.4, -0.2) is 60.2 Å². The lowest BCUT2D eigenvalue weighted by Gasteiger charge is -2.35. The SMILES string of the molecule is CCOc1c(/C(C)=C/C(=O)N2CCN(C(=O)OC(C)(C)C)CC2)cc2c(C)coc2c1C. The van der Waals surface area contributed by atoms with E-state index in [0.29, 0.717) is 32.8 Å². The number of hydrogen-bond acceptors (Lipinski definition) is 5. The van der Waals surface area contributed by atoms with E-state index in [1.807, 2.05) is 54.5 Å². The molecule has 174 valence electrons. The molecule has 2 amide bonds. The van der Waals surface area contributed by atoms with E-state index in [0.717, 1.165) is 39.0 Å². The Bertz CT molecular complexity index is 1040. The number of piperazine rings is 1. The van der Waals surface area contributed by atoms with Gasteiger partial charge in [0.15, 0.2) is 0 Å². The summed E-state index contributed by atoms with van der Waals surface area (Å²) in [6.07, 6.45) is 3.06. The predicted molar refractivity (Wildman–Crippen MR) is 125 cm³/mol. The quantitative estimate of drug-likeness (QED) is 0.628. The van der Waals surface area contributed by atoms with Crippen LogP contribution >= 0.6 is 0 Å². The Hall–Kier alpha value is -2.96. The zero-order valence-corrected chi connectivity index (χ0v) is 20.2. The summed E-state index contributed by atoms with van der Waals surface area (Å²) in [6.45, 7) is 15.8. The molecule has 0 N–H and O–H groups in total. The van der Waals surface area contributed by atoms with E-state index in [4.69, 9.17) is 13.9 Å². The van der Waals surface area contributed by atoms with Crippen LogP contribution in [0.3, 0.4) is 0 Å². The maximum absolute atomic E-state index is 13.0. The Morgan fingerprint density at radius 2 is 1.75 bits per heavy atom. The number of carbonyl (C=O) groups is 2. The number of hydrogen-bond donors (Lipinski definition) is 0. The molecule has 0 radical (unpaired) electrons. The Kier molecular flexibility index (Phi) is 6.86. The van der Waals surface area contributed by atoms with Crippen molar-refractivity contribution in [3.05, 3.63) is 35.1 Å². The fourth-order valence-electron chi connectivity index (χ4n) is 3.85. The molecule has 0 saturated carbocycles. The van der Waals surface area contributed by atoms with Crippen molar-refractivity contribution in [2.24, 2.45) is 0 Å². The molecule has 2 aromatic rings. The summed E-state index contributed by atoms with van der Waals surface area (Å²) in [5.41, 5.74) is 3.98. The third-order valence-electron chi connectivity index (χ3n) is 5.53. The van der Waals surface area contributed by atoms with Gasteiger partial charge in [0.2, 0.25) is 5.91 Å². The molecule has 1 saturated heterocycles. The maximum atomic E-state index is 13.0. The highest BCUT2D eigenvalue weighted by molar-refractivity contribution is 5.98. The van der Waals surface area contributed by atoms with Crippen LogP contribution in [0.5, 0.6) is 5.75 Å². The summed E-state index contributed by atoms with van der Waals surface area (Å²) in [5, 5.41) is 1.02. The van der Waals surface area contributed by atoms with Gasteiger partial charge in [0, 0.05) is 48.8 Å². The molecule has 7 heteroatoms. The molecule has 7 nitrogen and oxygen atoms in total. The number of aryl methyl sites for hydroxylation is 2. The summed E-state index contributed by atoms with van der Waals surface area (Å²) in [4.78, 5) is 28.7. The standard InChI is InChI=1S/C25H34N2O5/c1-8-30-22-18(4)23-20(17(3)15-31-23)14-19(22)16(2)13-21(28)26-9-11-27(12-10-26)24(29)32-25(5,6)7/h13-15H,8-12H2,1-7H3/b16-13+. The number of rotatable bonds is 4. The Balaban J connectivity index is 1.77. The fourth-order valence-corrected chi connectivity index (χ4v) is 3.85. The molecule has 32 heavy (non-hydrogen) atoms. The lowest BCUT2D eigenvalue weighted by atomic mass is 9.98. The third-order valence-corrected chi connectivity index (χ3v) is 5.53. The lowest BCUT2D eigenvalue weighted by Crippen LogP contribution is -2.51. The second-order valence-corrected chi connectivity index (χ2v) is 9.23. The fraction of sp³-hybridized carbons (Fsp3) is 0.520. The van der Waals surface area contributed by atoms with Crippen LogP contribution in [0.4, 0.5) is 4.79 Å². The number of furan rings is 1. The molecule has 2 heterocycles. The van der Waals surface area contributed by atoms with Gasteiger partial charge in [-0.2, -0.15) is 0 Å². The van der Waals surface area contributed by atoms with Gasteiger partial charge in [0.1, 0.15) is 16.9 Å². The van der Waals surface area contributed by atoms with Crippen LogP contribution in [0.2, 0.25) is 0 Å². The van der Waals surface area contributed by atoms with Crippen molar-refractivity contribution in [3.63, 3.8) is 0 Å². The summed E-state index contributed by atoms with van der Waals surface area (Å²) in [6, 6.07) is 2.03. The average Bonchev–Trinajstić information content (AvgIpc) is 3.09. The minimum Gasteiger partial charge on any atom is -0.493 e. The van der Waals surface area contributed by atoms with Crippen molar-refractivity contribution in [1.82, 2.24) is 9.80 Å². The molecule has 0 unspecified atom stereocenters. The number of allylic oxidation sites excluding steroid dienone is 1. The van der Waals surface area contributed by atoms with E-state index < -0.39 is 5.60 Å². The van der Waals surface area contributed by atoms with Crippen LogP contribution in [0.1, 0.15) is 51.3 Å². The third kappa shape index (κ3) is 5.09. The van der Waals surface area contributed by atoms with Crippen molar-refractivity contribution in [2.45, 2.75) is 54.1 Å². The van der Waals surface area contributed by atoms with E-state index >= 15 is 0 Å². The van der Waals surface area contributed by atoms with E-state index in [2.05, 4.69) is 0 Å². The molecular formula is C25H34N2O5. The Morgan fingerprint density at radius 1 is 1.12 bits per heavy atom. The number of carbonyl (C=O) groups excluding carboxylic acids is 2. The first-order chi connectivity index (χ1) is 15.0. The van der Waals surface area contributed by atoms with Gasteiger partial charge in [-0.15, -0.1) is 0 Å².